The van der Waals surface area contributed by atoms with Gasteiger partial charge in [0.15, 0.2) is 11.6 Å². The highest BCUT2D eigenvalue weighted by Gasteiger charge is 2.27. The van der Waals surface area contributed by atoms with E-state index in [4.69, 9.17) is 14.7 Å². The van der Waals surface area contributed by atoms with Crippen molar-refractivity contribution in [1.29, 1.82) is 0 Å². The Morgan fingerprint density at radius 3 is 2.80 bits per heavy atom. The van der Waals surface area contributed by atoms with Gasteiger partial charge in [-0.2, -0.15) is 5.10 Å². The lowest BCUT2D eigenvalue weighted by molar-refractivity contribution is 0.122. The molecular weight excluding hydrogens is 484 g/mol. The molecule has 2 saturated heterocycles. The highest BCUT2D eigenvalue weighted by atomic mass is 32.2. The molecule has 0 saturated carbocycles. The Hall–Kier alpha value is -2.60. The van der Waals surface area contributed by atoms with Crippen LogP contribution in [0.1, 0.15) is 17.7 Å². The minimum atomic E-state index is -2.87. The van der Waals surface area contributed by atoms with Crippen molar-refractivity contribution in [1.82, 2.24) is 25.1 Å². The van der Waals surface area contributed by atoms with Crippen LogP contribution in [0.25, 0.3) is 32.5 Å². The second-order valence-corrected chi connectivity index (χ2v) is 12.8. The lowest BCUT2D eigenvalue weighted by Gasteiger charge is -2.30. The minimum Gasteiger partial charge on any atom is -0.378 e. The van der Waals surface area contributed by atoms with E-state index >= 15 is 0 Å². The zero-order chi connectivity index (χ0) is 24.0. The molecule has 9 nitrogen and oxygen atoms in total. The Bertz CT molecular complexity index is 1460. The first-order valence-corrected chi connectivity index (χ1v) is 14.6. The molecule has 0 bridgehead atoms. The fraction of sp³-hybridized carbons (Fsp3) is 0.458. The van der Waals surface area contributed by atoms with Crippen molar-refractivity contribution in [3.8, 4) is 11.4 Å². The normalized spacial score (nSPS) is 19.2. The highest BCUT2D eigenvalue weighted by Crippen LogP contribution is 2.36. The maximum Gasteiger partial charge on any atom is 0.162 e. The number of H-pyrrole nitrogens is 1. The molecule has 5 heterocycles. The molecule has 2 aliphatic rings. The van der Waals surface area contributed by atoms with Gasteiger partial charge in [-0.1, -0.05) is 12.1 Å². The predicted octanol–water partition coefficient (Wildman–Crippen LogP) is 3.08. The first-order valence-electron chi connectivity index (χ1n) is 11.9. The molecule has 0 unspecified atom stereocenters. The van der Waals surface area contributed by atoms with E-state index < -0.39 is 9.84 Å². The van der Waals surface area contributed by atoms with Crippen molar-refractivity contribution >= 4 is 48.1 Å². The number of fused-ring (bicyclic) bond motifs is 2. The quantitative estimate of drug-likeness (QED) is 0.435. The van der Waals surface area contributed by atoms with Crippen LogP contribution in [0, 0.1) is 0 Å². The second-order valence-electron chi connectivity index (χ2n) is 9.33. The van der Waals surface area contributed by atoms with Crippen molar-refractivity contribution in [3.05, 3.63) is 35.3 Å². The molecule has 2 fully saturated rings. The number of aromatic amines is 1. The molecule has 0 spiro atoms. The van der Waals surface area contributed by atoms with Gasteiger partial charge in [-0.05, 0) is 32.0 Å². The number of nitrogens with zero attached hydrogens (tertiary/aromatic N) is 5. The van der Waals surface area contributed by atoms with Crippen molar-refractivity contribution in [2.45, 2.75) is 25.4 Å². The Kier molecular flexibility index (Phi) is 5.95. The number of hydrogen-bond donors (Lipinski definition) is 1. The number of hydrogen-bond acceptors (Lipinski definition) is 9. The lowest BCUT2D eigenvalue weighted by atomic mass is 10.1. The number of nitrogens with one attached hydrogen (secondary N) is 1. The number of thiophene rings is 1. The molecular formula is C24H28N6O3S2. The molecule has 35 heavy (non-hydrogen) atoms. The van der Waals surface area contributed by atoms with Crippen molar-refractivity contribution < 1.29 is 13.2 Å². The van der Waals surface area contributed by atoms with E-state index in [1.807, 2.05) is 24.4 Å². The topological polar surface area (TPSA) is 104 Å². The van der Waals surface area contributed by atoms with Gasteiger partial charge < -0.3 is 9.64 Å². The number of rotatable bonds is 5. The van der Waals surface area contributed by atoms with Crippen LogP contribution in [0.4, 0.5) is 5.82 Å². The standard InChI is InChI=1S/C24H28N6O3S2/c1-29(16-5-11-35(31,32)12-6-16)15-17-13-21-22(34-17)24(30-7-9-33-10-8-30)27-23(26-21)18-3-2-4-20-19(18)14-25-28-20/h2-4,13-14,16H,5-12,15H2,1H3,(H,25,28). The van der Waals surface area contributed by atoms with Crippen molar-refractivity contribution in [3.63, 3.8) is 0 Å². The van der Waals surface area contributed by atoms with E-state index in [0.717, 1.165) is 52.1 Å². The first-order chi connectivity index (χ1) is 17.0. The molecule has 0 aliphatic carbocycles. The summed E-state index contributed by atoms with van der Waals surface area (Å²) in [4.78, 5) is 15.8. The fourth-order valence-electron chi connectivity index (χ4n) is 5.01. The molecule has 1 N–H and O–H groups in total. The van der Waals surface area contributed by atoms with E-state index in [0.29, 0.717) is 31.9 Å². The summed E-state index contributed by atoms with van der Waals surface area (Å²) in [5, 5.41) is 8.24. The van der Waals surface area contributed by atoms with Crippen LogP contribution < -0.4 is 4.90 Å². The van der Waals surface area contributed by atoms with Gasteiger partial charge in [0, 0.05) is 41.5 Å². The van der Waals surface area contributed by atoms with Gasteiger partial charge >= 0.3 is 0 Å². The molecule has 11 heteroatoms. The number of aromatic nitrogens is 4. The van der Waals surface area contributed by atoms with E-state index in [1.54, 1.807) is 11.3 Å². The maximum atomic E-state index is 11.8. The van der Waals surface area contributed by atoms with E-state index in [2.05, 4.69) is 33.1 Å². The average Bonchev–Trinajstić information content (AvgIpc) is 3.50. The number of ether oxygens (including phenoxy) is 1. The van der Waals surface area contributed by atoms with E-state index in [1.165, 1.54) is 4.88 Å². The minimum absolute atomic E-state index is 0.280. The van der Waals surface area contributed by atoms with Crippen LogP contribution in [0.15, 0.2) is 30.5 Å². The summed E-state index contributed by atoms with van der Waals surface area (Å²) in [7, 11) is -0.778. The molecule has 0 atom stereocenters. The van der Waals surface area contributed by atoms with E-state index in [-0.39, 0.29) is 17.5 Å². The van der Waals surface area contributed by atoms with Crippen LogP contribution in [-0.2, 0) is 21.1 Å². The molecule has 6 rings (SSSR count). The van der Waals surface area contributed by atoms with Gasteiger partial charge in [-0.15, -0.1) is 11.3 Å². The number of benzene rings is 1. The van der Waals surface area contributed by atoms with Gasteiger partial charge in [0.25, 0.3) is 0 Å². The Labute approximate surface area is 208 Å². The van der Waals surface area contributed by atoms with Gasteiger partial charge in [-0.25, -0.2) is 18.4 Å². The third kappa shape index (κ3) is 4.53. The van der Waals surface area contributed by atoms with Gasteiger partial charge in [0.1, 0.15) is 9.84 Å². The average molecular weight is 513 g/mol. The van der Waals surface area contributed by atoms with Crippen LogP contribution in [-0.4, -0.2) is 84.4 Å². The summed E-state index contributed by atoms with van der Waals surface area (Å²) < 4.78 is 30.4. The molecule has 3 aromatic heterocycles. The summed E-state index contributed by atoms with van der Waals surface area (Å²) in [6, 6.07) is 8.49. The van der Waals surface area contributed by atoms with Gasteiger partial charge in [-0.3, -0.25) is 10.00 Å². The molecule has 0 radical (unpaired) electrons. The third-order valence-corrected chi connectivity index (χ3v) is 9.81. The smallest absolute Gasteiger partial charge is 0.162 e. The van der Waals surface area contributed by atoms with Crippen LogP contribution in [0.5, 0.6) is 0 Å². The first kappa shape index (κ1) is 22.8. The number of morpholine rings is 1. The molecule has 2 aliphatic heterocycles. The SMILES string of the molecule is CN(Cc1cc2nc(-c3cccc4[nH]ncc34)nc(N3CCOCC3)c2s1)C1CCS(=O)(=O)CC1. The molecule has 0 amide bonds. The van der Waals surface area contributed by atoms with Crippen molar-refractivity contribution in [2.75, 3.05) is 49.8 Å². The van der Waals surface area contributed by atoms with Crippen LogP contribution in [0.2, 0.25) is 0 Å². The second kappa shape index (κ2) is 9.12. The molecule has 1 aromatic carbocycles. The van der Waals surface area contributed by atoms with Gasteiger partial charge in [0.05, 0.1) is 46.6 Å². The lowest BCUT2D eigenvalue weighted by Crippen LogP contribution is -2.38. The third-order valence-electron chi connectivity index (χ3n) is 6.99. The summed E-state index contributed by atoms with van der Waals surface area (Å²) in [6.07, 6.45) is 3.22. The number of sulfone groups is 1. The van der Waals surface area contributed by atoms with Crippen LogP contribution in [0.3, 0.4) is 0 Å². The zero-order valence-electron chi connectivity index (χ0n) is 19.6. The Morgan fingerprint density at radius 1 is 1.20 bits per heavy atom. The number of anilines is 1. The molecule has 184 valence electrons. The summed E-state index contributed by atoms with van der Waals surface area (Å²) >= 11 is 1.73. The van der Waals surface area contributed by atoms with Crippen molar-refractivity contribution in [2.24, 2.45) is 0 Å². The summed E-state index contributed by atoms with van der Waals surface area (Å²) in [5.74, 6) is 2.21. The molecule has 4 aromatic rings. The highest BCUT2D eigenvalue weighted by molar-refractivity contribution is 7.91. The van der Waals surface area contributed by atoms with Gasteiger partial charge in [0.2, 0.25) is 0 Å². The monoisotopic (exact) mass is 512 g/mol. The van der Waals surface area contributed by atoms with Crippen LogP contribution >= 0.6 is 11.3 Å². The van der Waals surface area contributed by atoms with E-state index in [9.17, 15) is 8.42 Å². The Balaban J connectivity index is 1.37. The summed E-state index contributed by atoms with van der Waals surface area (Å²) in [6.45, 7) is 3.73. The predicted molar refractivity (Wildman–Crippen MR) is 139 cm³/mol. The maximum absolute atomic E-state index is 11.8. The summed E-state index contributed by atoms with van der Waals surface area (Å²) in [5.41, 5.74) is 2.86. The zero-order valence-corrected chi connectivity index (χ0v) is 21.2. The Morgan fingerprint density at radius 2 is 2.00 bits per heavy atom. The largest absolute Gasteiger partial charge is 0.378 e. The fourth-order valence-corrected chi connectivity index (χ4v) is 7.65.